The number of hydrogen-bond acceptors (Lipinski definition) is 7. The fourth-order valence-corrected chi connectivity index (χ4v) is 1.34. The molecule has 8 heteroatoms. The van der Waals surface area contributed by atoms with Crippen molar-refractivity contribution < 1.29 is 14.2 Å². The monoisotopic (exact) mass is 261 g/mol. The Bertz CT molecular complexity index is 608. The molecule has 0 spiro atoms. The number of ether oxygens (including phenoxy) is 1. The molecule has 1 aromatic heterocycles. The van der Waals surface area contributed by atoms with Gasteiger partial charge in [-0.05, 0) is 22.4 Å². The molecule has 0 saturated heterocycles. The second kappa shape index (κ2) is 5.63. The topological polar surface area (TPSA) is 116 Å². The van der Waals surface area contributed by atoms with Gasteiger partial charge in [-0.2, -0.15) is 5.10 Å². The summed E-state index contributed by atoms with van der Waals surface area (Å²) >= 11 is 0. The minimum Gasteiger partial charge on any atom is -0.496 e. The Balaban J connectivity index is 2.04. The average molecular weight is 261 g/mol. The van der Waals surface area contributed by atoms with E-state index in [4.69, 9.17) is 10.5 Å². The number of hydrogen-bond donors (Lipinski definition) is 2. The highest BCUT2D eigenvalue weighted by Crippen LogP contribution is 2.14. The van der Waals surface area contributed by atoms with Crippen molar-refractivity contribution in [1.29, 1.82) is 0 Å². The maximum Gasteiger partial charge on any atom is 0.297 e. The first-order valence-electron chi connectivity index (χ1n) is 5.27. The number of carbonyl (C=O) groups excluding carboxylic acids is 1. The maximum atomic E-state index is 11.6. The Morgan fingerprint density at radius 3 is 2.95 bits per heavy atom. The summed E-state index contributed by atoms with van der Waals surface area (Å²) in [7, 11) is 1.55. The second-order valence-corrected chi connectivity index (χ2v) is 3.44. The van der Waals surface area contributed by atoms with Crippen LogP contribution in [-0.2, 0) is 0 Å². The summed E-state index contributed by atoms with van der Waals surface area (Å²) in [6, 6.07) is 7.23. The van der Waals surface area contributed by atoms with E-state index in [0.717, 1.165) is 5.56 Å². The Kier molecular flexibility index (Phi) is 3.72. The van der Waals surface area contributed by atoms with Crippen molar-refractivity contribution in [1.82, 2.24) is 15.7 Å². The summed E-state index contributed by atoms with van der Waals surface area (Å²) in [5.74, 6) is -0.0574. The lowest BCUT2D eigenvalue weighted by molar-refractivity contribution is 0.0946. The van der Waals surface area contributed by atoms with Crippen LogP contribution in [0.4, 0.5) is 5.82 Å². The van der Waals surface area contributed by atoms with E-state index in [9.17, 15) is 4.79 Å². The van der Waals surface area contributed by atoms with Gasteiger partial charge < -0.3 is 10.5 Å². The third kappa shape index (κ3) is 2.86. The molecule has 0 bridgehead atoms. The highest BCUT2D eigenvalue weighted by atomic mass is 16.6. The molecule has 0 aliphatic heterocycles. The third-order valence-electron chi connectivity index (χ3n) is 2.24. The van der Waals surface area contributed by atoms with Crippen LogP contribution in [0.2, 0.25) is 0 Å². The van der Waals surface area contributed by atoms with Gasteiger partial charge in [0.1, 0.15) is 5.75 Å². The summed E-state index contributed by atoms with van der Waals surface area (Å²) in [6.07, 6.45) is 1.44. The number of nitrogens with one attached hydrogen (secondary N) is 1. The van der Waals surface area contributed by atoms with E-state index in [1.54, 1.807) is 19.2 Å². The molecule has 0 aliphatic rings. The first-order valence-corrected chi connectivity index (χ1v) is 5.27. The van der Waals surface area contributed by atoms with Gasteiger partial charge in [0.15, 0.2) is 0 Å². The Labute approximate surface area is 108 Å². The predicted molar refractivity (Wildman–Crippen MR) is 66.8 cm³/mol. The van der Waals surface area contributed by atoms with Gasteiger partial charge in [-0.1, -0.05) is 12.1 Å². The number of para-hydroxylation sites is 1. The van der Waals surface area contributed by atoms with Crippen LogP contribution in [0, 0.1) is 0 Å². The molecule has 19 heavy (non-hydrogen) atoms. The molecule has 3 N–H and O–H groups in total. The highest BCUT2D eigenvalue weighted by Gasteiger charge is 2.14. The van der Waals surface area contributed by atoms with Crippen LogP contribution < -0.4 is 15.9 Å². The Morgan fingerprint density at radius 2 is 2.26 bits per heavy atom. The van der Waals surface area contributed by atoms with Gasteiger partial charge in [0, 0.05) is 5.56 Å². The first kappa shape index (κ1) is 12.6. The normalized spacial score (nSPS) is 10.6. The van der Waals surface area contributed by atoms with Gasteiger partial charge >= 0.3 is 0 Å². The van der Waals surface area contributed by atoms with Crippen LogP contribution in [0.25, 0.3) is 0 Å². The molecule has 0 aliphatic carbocycles. The number of anilines is 1. The van der Waals surface area contributed by atoms with E-state index in [-0.39, 0.29) is 11.5 Å². The van der Waals surface area contributed by atoms with Gasteiger partial charge in [0.25, 0.3) is 5.91 Å². The average Bonchev–Trinajstić information content (AvgIpc) is 2.85. The third-order valence-corrected chi connectivity index (χ3v) is 2.24. The maximum absolute atomic E-state index is 11.6. The highest BCUT2D eigenvalue weighted by molar-refractivity contribution is 5.96. The molecule has 0 saturated carbocycles. The number of methoxy groups -OCH3 is 1. The van der Waals surface area contributed by atoms with E-state index in [2.05, 4.69) is 25.5 Å². The van der Waals surface area contributed by atoms with Crippen molar-refractivity contribution in [2.45, 2.75) is 0 Å². The molecule has 8 nitrogen and oxygen atoms in total. The lowest BCUT2D eigenvalue weighted by Crippen LogP contribution is -2.19. The molecule has 1 aromatic carbocycles. The number of nitrogen functional groups attached to an aromatic ring is 1. The Morgan fingerprint density at radius 1 is 1.47 bits per heavy atom. The largest absolute Gasteiger partial charge is 0.496 e. The van der Waals surface area contributed by atoms with E-state index >= 15 is 0 Å². The predicted octanol–water partition coefficient (Wildman–Crippen LogP) is 0.424. The summed E-state index contributed by atoms with van der Waals surface area (Å²) in [6.45, 7) is 0. The molecule has 0 unspecified atom stereocenters. The fourth-order valence-electron chi connectivity index (χ4n) is 1.34. The molecular weight excluding hydrogens is 250 g/mol. The van der Waals surface area contributed by atoms with Crippen LogP contribution >= 0.6 is 0 Å². The zero-order chi connectivity index (χ0) is 13.7. The number of amides is 1. The Hall–Kier alpha value is -2.90. The van der Waals surface area contributed by atoms with Crippen LogP contribution in [0.1, 0.15) is 16.1 Å². The van der Waals surface area contributed by atoms with Crippen LogP contribution in [0.15, 0.2) is 34.0 Å². The molecule has 98 valence electrons. The van der Waals surface area contributed by atoms with Crippen LogP contribution in [-0.4, -0.2) is 29.5 Å². The van der Waals surface area contributed by atoms with Gasteiger partial charge in [-0.3, -0.25) is 4.79 Å². The SMILES string of the molecule is COc1ccccc1/C=N/NC(=O)c1nonc1N. The number of carbonyl (C=O) groups is 1. The van der Waals surface area contributed by atoms with Gasteiger partial charge in [0.05, 0.1) is 13.3 Å². The molecule has 0 radical (unpaired) electrons. The molecule has 0 fully saturated rings. The molecule has 1 amide bonds. The lowest BCUT2D eigenvalue weighted by Gasteiger charge is -2.02. The van der Waals surface area contributed by atoms with Crippen molar-refractivity contribution in [3.05, 3.63) is 35.5 Å². The van der Waals surface area contributed by atoms with Gasteiger partial charge in [0.2, 0.25) is 11.5 Å². The second-order valence-electron chi connectivity index (χ2n) is 3.44. The van der Waals surface area contributed by atoms with E-state index in [0.29, 0.717) is 5.75 Å². The van der Waals surface area contributed by atoms with Gasteiger partial charge in [-0.25, -0.2) is 10.1 Å². The van der Waals surface area contributed by atoms with Crippen molar-refractivity contribution in [2.24, 2.45) is 5.10 Å². The van der Waals surface area contributed by atoms with Crippen molar-refractivity contribution >= 4 is 17.9 Å². The number of rotatable bonds is 4. The van der Waals surface area contributed by atoms with E-state index in [1.807, 2.05) is 12.1 Å². The van der Waals surface area contributed by atoms with Crippen molar-refractivity contribution in [3.8, 4) is 5.75 Å². The number of aromatic nitrogens is 2. The summed E-state index contributed by atoms with van der Waals surface area (Å²) in [5, 5.41) is 10.4. The van der Waals surface area contributed by atoms with Crippen molar-refractivity contribution in [3.63, 3.8) is 0 Å². The van der Waals surface area contributed by atoms with E-state index < -0.39 is 5.91 Å². The zero-order valence-electron chi connectivity index (χ0n) is 10.0. The van der Waals surface area contributed by atoms with Gasteiger partial charge in [-0.15, -0.1) is 0 Å². The number of benzene rings is 1. The van der Waals surface area contributed by atoms with Crippen LogP contribution in [0.3, 0.4) is 0 Å². The number of nitrogens with zero attached hydrogens (tertiary/aromatic N) is 3. The standard InChI is InChI=1S/C11H11N5O3/c1-18-8-5-3-2-4-7(8)6-13-14-11(17)9-10(12)16-19-15-9/h2-6H,1H3,(H2,12,16)(H,14,17)/b13-6+. The minimum atomic E-state index is -0.607. The summed E-state index contributed by atoms with van der Waals surface area (Å²) < 4.78 is 9.44. The van der Waals surface area contributed by atoms with Crippen LogP contribution in [0.5, 0.6) is 5.75 Å². The number of hydrazone groups is 1. The zero-order valence-corrected chi connectivity index (χ0v) is 10.0. The smallest absolute Gasteiger partial charge is 0.297 e. The first-order chi connectivity index (χ1) is 9.22. The summed E-state index contributed by atoms with van der Waals surface area (Å²) in [4.78, 5) is 11.6. The molecule has 0 atom stereocenters. The lowest BCUT2D eigenvalue weighted by atomic mass is 10.2. The van der Waals surface area contributed by atoms with Crippen molar-refractivity contribution in [2.75, 3.05) is 12.8 Å². The molecule has 2 rings (SSSR count). The number of nitrogens with two attached hydrogens (primary N) is 1. The molecule has 1 heterocycles. The summed E-state index contributed by atoms with van der Waals surface area (Å²) in [5.41, 5.74) is 8.23. The molecule has 2 aromatic rings. The fraction of sp³-hybridized carbons (Fsp3) is 0.0909. The quantitative estimate of drug-likeness (QED) is 0.608. The minimum absolute atomic E-state index is 0.0926. The van der Waals surface area contributed by atoms with E-state index in [1.165, 1.54) is 6.21 Å². The molecular formula is C11H11N5O3.